The molecule has 0 radical (unpaired) electrons. The molecule has 0 fully saturated rings. The molecule has 0 unspecified atom stereocenters. The average Bonchev–Trinajstić information content (AvgIpc) is 2.65. The van der Waals surface area contributed by atoms with Gasteiger partial charge in [-0.05, 0) is 59.6 Å². The number of rotatable bonds is 2. The number of nitrogens with zero attached hydrogens (tertiary/aromatic N) is 2. The maximum absolute atomic E-state index is 11.8. The SMILES string of the molecule is CC1=CC(=CN=Nc2c3ccccc3cc3ccccc23)C=C(C)C1=O. The highest BCUT2D eigenvalue weighted by molar-refractivity contribution is 6.10. The van der Waals surface area contributed by atoms with Gasteiger partial charge in [0.2, 0.25) is 0 Å². The third-order valence-electron chi connectivity index (χ3n) is 4.59. The zero-order valence-electron chi connectivity index (χ0n) is 14.7. The monoisotopic (exact) mass is 338 g/mol. The van der Waals surface area contributed by atoms with E-state index in [0.717, 1.165) is 44.0 Å². The Bertz CT molecular complexity index is 1090. The van der Waals surface area contributed by atoms with E-state index in [1.54, 1.807) is 6.20 Å². The van der Waals surface area contributed by atoms with Crippen molar-refractivity contribution in [1.82, 2.24) is 0 Å². The highest BCUT2D eigenvalue weighted by atomic mass is 16.1. The van der Waals surface area contributed by atoms with Gasteiger partial charge in [0, 0.05) is 10.8 Å². The minimum atomic E-state index is 0.0825. The van der Waals surface area contributed by atoms with Crippen LogP contribution in [0, 0.1) is 0 Å². The molecule has 0 amide bonds. The van der Waals surface area contributed by atoms with Crippen molar-refractivity contribution in [2.45, 2.75) is 13.8 Å². The fourth-order valence-electron chi connectivity index (χ4n) is 3.31. The number of hydrogen-bond acceptors (Lipinski definition) is 3. The van der Waals surface area contributed by atoms with Crippen LogP contribution < -0.4 is 0 Å². The highest BCUT2D eigenvalue weighted by Crippen LogP contribution is 2.35. The standard InChI is InChI=1S/C23H18N2O/c1-15-11-17(12-16(2)23(15)26)14-24-25-22-20-9-5-3-7-18(20)13-19-8-4-6-10-21(19)22/h3-14H,1-2H3. The van der Waals surface area contributed by atoms with Gasteiger partial charge in [0.15, 0.2) is 5.78 Å². The summed E-state index contributed by atoms with van der Waals surface area (Å²) in [4.78, 5) is 11.8. The van der Waals surface area contributed by atoms with Gasteiger partial charge in [-0.25, -0.2) is 0 Å². The van der Waals surface area contributed by atoms with Crippen LogP contribution in [-0.4, -0.2) is 5.78 Å². The van der Waals surface area contributed by atoms with Crippen molar-refractivity contribution in [3.8, 4) is 0 Å². The summed E-state index contributed by atoms with van der Waals surface area (Å²) < 4.78 is 0. The summed E-state index contributed by atoms with van der Waals surface area (Å²) in [6.45, 7) is 3.64. The number of ketones is 1. The molecule has 1 aliphatic carbocycles. The van der Waals surface area contributed by atoms with E-state index in [-0.39, 0.29) is 5.78 Å². The van der Waals surface area contributed by atoms with Crippen LogP contribution >= 0.6 is 0 Å². The van der Waals surface area contributed by atoms with Crippen LogP contribution in [0.25, 0.3) is 21.5 Å². The summed E-state index contributed by atoms with van der Waals surface area (Å²) in [5.41, 5.74) is 3.20. The second-order valence-electron chi connectivity index (χ2n) is 6.50. The number of azo groups is 1. The molecule has 3 nitrogen and oxygen atoms in total. The molecule has 4 rings (SSSR count). The number of hydrogen-bond donors (Lipinski definition) is 0. The number of carbonyl (C=O) groups excluding carboxylic acids is 1. The summed E-state index contributed by atoms with van der Waals surface area (Å²) in [5, 5.41) is 13.3. The lowest BCUT2D eigenvalue weighted by atomic mass is 9.96. The molecule has 0 aliphatic heterocycles. The van der Waals surface area contributed by atoms with E-state index in [1.165, 1.54) is 0 Å². The van der Waals surface area contributed by atoms with Crippen LogP contribution in [0.2, 0.25) is 0 Å². The van der Waals surface area contributed by atoms with E-state index < -0.39 is 0 Å². The van der Waals surface area contributed by atoms with Gasteiger partial charge in [0.05, 0.1) is 6.20 Å². The second kappa shape index (κ2) is 6.52. The Kier molecular flexibility index (Phi) is 4.05. The fraction of sp³-hybridized carbons (Fsp3) is 0.0870. The van der Waals surface area contributed by atoms with Gasteiger partial charge < -0.3 is 0 Å². The molecular weight excluding hydrogens is 320 g/mol. The lowest BCUT2D eigenvalue weighted by Crippen LogP contribution is -2.05. The van der Waals surface area contributed by atoms with E-state index >= 15 is 0 Å². The van der Waals surface area contributed by atoms with Crippen molar-refractivity contribution in [1.29, 1.82) is 0 Å². The van der Waals surface area contributed by atoms with Crippen LogP contribution in [0.5, 0.6) is 0 Å². The molecule has 3 aromatic rings. The predicted molar refractivity (Wildman–Crippen MR) is 107 cm³/mol. The third kappa shape index (κ3) is 2.88. The van der Waals surface area contributed by atoms with Gasteiger partial charge in [-0.15, -0.1) is 5.11 Å². The molecule has 0 atom stereocenters. The summed E-state index contributed by atoms with van der Waals surface area (Å²) >= 11 is 0. The molecule has 0 spiro atoms. The van der Waals surface area contributed by atoms with Crippen LogP contribution in [0.1, 0.15) is 13.8 Å². The molecule has 0 saturated carbocycles. The maximum atomic E-state index is 11.8. The van der Waals surface area contributed by atoms with Crippen molar-refractivity contribution >= 4 is 33.0 Å². The largest absolute Gasteiger partial charge is 0.289 e. The Labute approximate surface area is 152 Å². The Hall–Kier alpha value is -3.33. The molecule has 0 saturated heterocycles. The number of benzene rings is 3. The molecule has 3 heteroatoms. The molecule has 0 heterocycles. The molecular formula is C23H18N2O. The molecule has 26 heavy (non-hydrogen) atoms. The molecule has 0 aromatic heterocycles. The predicted octanol–water partition coefficient (Wildman–Crippen LogP) is 6.44. The van der Waals surface area contributed by atoms with Crippen molar-refractivity contribution < 1.29 is 4.79 Å². The Balaban J connectivity index is 1.83. The quantitative estimate of drug-likeness (QED) is 0.392. The molecule has 126 valence electrons. The Morgan fingerprint density at radius 3 is 1.92 bits per heavy atom. The fourth-order valence-corrected chi connectivity index (χ4v) is 3.31. The van der Waals surface area contributed by atoms with E-state index in [9.17, 15) is 4.79 Å². The number of allylic oxidation sites excluding steroid dienone is 5. The van der Waals surface area contributed by atoms with E-state index in [1.807, 2.05) is 50.3 Å². The first-order valence-corrected chi connectivity index (χ1v) is 8.56. The van der Waals surface area contributed by atoms with E-state index in [2.05, 4.69) is 40.6 Å². The van der Waals surface area contributed by atoms with Crippen LogP contribution in [0.4, 0.5) is 5.69 Å². The second-order valence-corrected chi connectivity index (χ2v) is 6.50. The average molecular weight is 338 g/mol. The molecule has 0 N–H and O–H groups in total. The van der Waals surface area contributed by atoms with Crippen molar-refractivity contribution in [3.63, 3.8) is 0 Å². The number of fused-ring (bicyclic) bond motifs is 2. The Morgan fingerprint density at radius 2 is 1.35 bits per heavy atom. The first-order valence-electron chi connectivity index (χ1n) is 8.56. The van der Waals surface area contributed by atoms with Gasteiger partial charge >= 0.3 is 0 Å². The Morgan fingerprint density at radius 1 is 0.808 bits per heavy atom. The minimum Gasteiger partial charge on any atom is -0.289 e. The van der Waals surface area contributed by atoms with Gasteiger partial charge in [0.1, 0.15) is 5.69 Å². The lowest BCUT2D eigenvalue weighted by molar-refractivity contribution is -0.112. The number of carbonyl (C=O) groups is 1. The minimum absolute atomic E-state index is 0.0825. The smallest absolute Gasteiger partial charge is 0.184 e. The number of Topliss-reactive ketones (excluding diaryl/α,β-unsaturated/α-hetero) is 1. The molecule has 3 aromatic carbocycles. The summed E-state index contributed by atoms with van der Waals surface area (Å²) in [5.74, 6) is 0.0825. The maximum Gasteiger partial charge on any atom is 0.184 e. The van der Waals surface area contributed by atoms with E-state index in [0.29, 0.717) is 0 Å². The zero-order valence-corrected chi connectivity index (χ0v) is 14.7. The van der Waals surface area contributed by atoms with Crippen LogP contribution in [0.3, 0.4) is 0 Å². The molecule has 1 aliphatic rings. The summed E-state index contributed by atoms with van der Waals surface area (Å²) in [6, 6.07) is 18.6. The first-order chi connectivity index (χ1) is 12.6. The molecule has 0 bridgehead atoms. The van der Waals surface area contributed by atoms with Crippen molar-refractivity contribution in [2.24, 2.45) is 10.2 Å². The normalized spacial score (nSPS) is 14.8. The van der Waals surface area contributed by atoms with E-state index in [4.69, 9.17) is 0 Å². The van der Waals surface area contributed by atoms with Crippen molar-refractivity contribution in [2.75, 3.05) is 0 Å². The first kappa shape index (κ1) is 16.2. The van der Waals surface area contributed by atoms with Gasteiger partial charge in [-0.2, -0.15) is 5.11 Å². The van der Waals surface area contributed by atoms with Gasteiger partial charge in [-0.3, -0.25) is 4.79 Å². The van der Waals surface area contributed by atoms with Crippen LogP contribution in [-0.2, 0) is 4.79 Å². The van der Waals surface area contributed by atoms with Gasteiger partial charge in [0.25, 0.3) is 0 Å². The summed E-state index contributed by atoms with van der Waals surface area (Å²) in [6.07, 6.45) is 5.39. The van der Waals surface area contributed by atoms with Crippen molar-refractivity contribution in [3.05, 3.63) is 89.7 Å². The van der Waals surface area contributed by atoms with Crippen LogP contribution in [0.15, 0.2) is 99.9 Å². The topological polar surface area (TPSA) is 41.8 Å². The van der Waals surface area contributed by atoms with Gasteiger partial charge in [-0.1, -0.05) is 48.5 Å². The highest BCUT2D eigenvalue weighted by Gasteiger charge is 2.12. The lowest BCUT2D eigenvalue weighted by Gasteiger charge is -2.08. The zero-order chi connectivity index (χ0) is 18.1. The summed E-state index contributed by atoms with van der Waals surface area (Å²) in [7, 11) is 0. The third-order valence-corrected chi connectivity index (χ3v) is 4.59.